The largest absolute Gasteiger partial charge is 0.507 e. The summed E-state index contributed by atoms with van der Waals surface area (Å²) in [6, 6.07) is 10.6. The first-order chi connectivity index (χ1) is 16.9. The summed E-state index contributed by atoms with van der Waals surface area (Å²) < 4.78 is 0. The summed E-state index contributed by atoms with van der Waals surface area (Å²) in [5, 5.41) is 55.3. The molecule has 5 rings (SSSR count). The maximum Gasteiger partial charge on any atom is 0.230 e. The van der Waals surface area contributed by atoms with E-state index in [1.807, 2.05) is 6.07 Å². The fourth-order valence-electron chi connectivity index (χ4n) is 6.23. The van der Waals surface area contributed by atoms with E-state index in [1.54, 1.807) is 37.3 Å². The zero-order valence-corrected chi connectivity index (χ0v) is 19.3. The van der Waals surface area contributed by atoms with Gasteiger partial charge in [-0.1, -0.05) is 37.3 Å². The summed E-state index contributed by atoms with van der Waals surface area (Å²) in [4.78, 5) is 38.6. The third-order valence-electron chi connectivity index (χ3n) is 8.06. The Morgan fingerprint density at radius 2 is 1.75 bits per heavy atom. The number of phenols is 1. The van der Waals surface area contributed by atoms with E-state index in [2.05, 4.69) is 0 Å². The number of primary amides is 1. The molecule has 0 aliphatic heterocycles. The van der Waals surface area contributed by atoms with Gasteiger partial charge in [-0.05, 0) is 29.5 Å². The van der Waals surface area contributed by atoms with E-state index >= 15 is 0 Å². The Balaban J connectivity index is 1.73. The summed E-state index contributed by atoms with van der Waals surface area (Å²) in [6.07, 6.45) is -3.59. The average Bonchev–Trinajstić information content (AvgIpc) is 2.83. The quantitative estimate of drug-likeness (QED) is 0.175. The van der Waals surface area contributed by atoms with Crippen LogP contribution in [-0.2, 0) is 14.4 Å². The third-order valence-corrected chi connectivity index (χ3v) is 8.06. The minimum Gasteiger partial charge on any atom is -0.507 e. The lowest BCUT2D eigenvalue weighted by Crippen LogP contribution is -2.70. The summed E-state index contributed by atoms with van der Waals surface area (Å²) in [5.41, 5.74) is 9.49. The SMILES string of the molecule is C[C@H]1c2cc(-c3ccccc3)c(N)c(O)c2C(O)=C2C(=O)[C@]3(O)C(=O)C(C(N)=O)C(O)C[C@@H]3[C@@H](O)[C@@H]21. The number of carbonyl (C=O) groups is 3. The molecule has 7 atom stereocenters. The van der Waals surface area contributed by atoms with Crippen LogP contribution in [0.4, 0.5) is 5.69 Å². The molecule has 3 aliphatic carbocycles. The number of ketones is 2. The molecule has 36 heavy (non-hydrogen) atoms. The summed E-state index contributed by atoms with van der Waals surface area (Å²) in [7, 11) is 0. The van der Waals surface area contributed by atoms with Gasteiger partial charge in [0.15, 0.2) is 11.4 Å². The van der Waals surface area contributed by atoms with Crippen molar-refractivity contribution in [2.24, 2.45) is 23.5 Å². The van der Waals surface area contributed by atoms with Crippen LogP contribution >= 0.6 is 0 Å². The van der Waals surface area contributed by atoms with Crippen LogP contribution in [0.1, 0.15) is 30.4 Å². The number of benzene rings is 2. The number of aliphatic hydroxyl groups is 4. The molecule has 0 saturated heterocycles. The molecule has 0 aromatic heterocycles. The number of aliphatic hydroxyl groups excluding tert-OH is 3. The molecule has 188 valence electrons. The van der Waals surface area contributed by atoms with Crippen molar-refractivity contribution in [2.75, 3.05) is 5.73 Å². The van der Waals surface area contributed by atoms with E-state index < -0.39 is 82.5 Å². The van der Waals surface area contributed by atoms with Crippen molar-refractivity contribution in [2.45, 2.75) is 37.1 Å². The van der Waals surface area contributed by atoms with Crippen LogP contribution in [0.2, 0.25) is 0 Å². The van der Waals surface area contributed by atoms with Crippen molar-refractivity contribution in [3.05, 3.63) is 53.1 Å². The van der Waals surface area contributed by atoms with Gasteiger partial charge in [0.05, 0.1) is 23.5 Å². The molecule has 0 heterocycles. The van der Waals surface area contributed by atoms with Gasteiger partial charge in [-0.3, -0.25) is 14.4 Å². The van der Waals surface area contributed by atoms with Crippen LogP contribution in [0.3, 0.4) is 0 Å². The molecule has 0 bridgehead atoms. The van der Waals surface area contributed by atoms with Crippen molar-refractivity contribution < 1.29 is 39.9 Å². The fraction of sp³-hybridized carbons (Fsp3) is 0.346. The number of nitrogens with two attached hydrogens (primary N) is 2. The lowest BCUT2D eigenvalue weighted by Gasteiger charge is -2.52. The van der Waals surface area contributed by atoms with Crippen LogP contribution in [0.25, 0.3) is 16.9 Å². The number of aromatic hydroxyl groups is 1. The zero-order chi connectivity index (χ0) is 26.3. The Labute approximate surface area is 205 Å². The molecule has 0 radical (unpaired) electrons. The highest BCUT2D eigenvalue weighted by atomic mass is 16.3. The van der Waals surface area contributed by atoms with Crippen LogP contribution in [0, 0.1) is 17.8 Å². The fourth-order valence-corrected chi connectivity index (χ4v) is 6.23. The minimum atomic E-state index is -2.89. The van der Waals surface area contributed by atoms with E-state index in [0.29, 0.717) is 16.7 Å². The standard InChI is InChI=1S/C26H26N2O8/c1-9-11-7-12(10-5-3-2-4-6-10)19(27)22(32)16(11)21(31)18-15(9)20(30)13-8-14(29)17(25(28)35)23(33)26(13,36)24(18)34/h2-7,9,13-15,17,20,29-32,36H,8,27H2,1H3,(H2,28,35)/t9-,13+,14?,15+,17?,20+,26+/m0/s1. The Hall–Kier alpha value is -3.73. The molecule has 2 fully saturated rings. The van der Waals surface area contributed by atoms with Gasteiger partial charge in [0.2, 0.25) is 11.7 Å². The molecular weight excluding hydrogens is 468 g/mol. The predicted octanol–water partition coefficient (Wildman–Crippen LogP) is 0.370. The second kappa shape index (κ2) is 7.89. The van der Waals surface area contributed by atoms with E-state index in [9.17, 15) is 39.9 Å². The van der Waals surface area contributed by atoms with Gasteiger partial charge in [-0.15, -0.1) is 0 Å². The lowest BCUT2D eigenvalue weighted by atomic mass is 9.53. The van der Waals surface area contributed by atoms with Crippen LogP contribution in [-0.4, -0.2) is 60.8 Å². The summed E-state index contributed by atoms with van der Waals surface area (Å²) in [5.74, 6) is -10.0. The van der Waals surface area contributed by atoms with Gasteiger partial charge in [0.25, 0.3) is 0 Å². The molecule has 1 amide bonds. The number of carbonyl (C=O) groups excluding carboxylic acids is 3. The van der Waals surface area contributed by atoms with Gasteiger partial charge in [0, 0.05) is 23.0 Å². The second-order valence-electron chi connectivity index (χ2n) is 9.83. The van der Waals surface area contributed by atoms with Crippen LogP contribution in [0.5, 0.6) is 5.75 Å². The minimum absolute atomic E-state index is 0.0520. The summed E-state index contributed by atoms with van der Waals surface area (Å²) >= 11 is 0. The van der Waals surface area contributed by atoms with Gasteiger partial charge >= 0.3 is 0 Å². The number of amides is 1. The number of phenolic OH excluding ortho intramolecular Hbond substituents is 1. The maximum absolute atomic E-state index is 13.7. The first-order valence-corrected chi connectivity index (χ1v) is 11.5. The lowest BCUT2D eigenvalue weighted by molar-refractivity contribution is -0.186. The monoisotopic (exact) mass is 494 g/mol. The Morgan fingerprint density at radius 3 is 2.36 bits per heavy atom. The summed E-state index contributed by atoms with van der Waals surface area (Å²) in [6.45, 7) is 1.68. The number of hydrogen-bond donors (Lipinski definition) is 7. The molecule has 2 aromatic carbocycles. The zero-order valence-electron chi connectivity index (χ0n) is 19.3. The molecule has 0 spiro atoms. The molecule has 2 aromatic rings. The van der Waals surface area contributed by atoms with Crippen LogP contribution in [0.15, 0.2) is 42.0 Å². The predicted molar refractivity (Wildman–Crippen MR) is 127 cm³/mol. The van der Waals surface area contributed by atoms with E-state index in [0.717, 1.165) is 0 Å². The molecule has 10 nitrogen and oxygen atoms in total. The highest BCUT2D eigenvalue weighted by Crippen LogP contribution is 2.56. The number of fused-ring (bicyclic) bond motifs is 3. The number of Topliss-reactive ketones (excluding diaryl/α,β-unsaturated/α-hetero) is 2. The maximum atomic E-state index is 13.7. The van der Waals surface area contributed by atoms with E-state index in [1.165, 1.54) is 0 Å². The molecule has 9 N–H and O–H groups in total. The third kappa shape index (κ3) is 2.92. The van der Waals surface area contributed by atoms with E-state index in [-0.39, 0.29) is 11.3 Å². The first-order valence-electron chi connectivity index (χ1n) is 11.5. The molecule has 2 unspecified atom stereocenters. The molecule has 3 aliphatic rings. The van der Waals surface area contributed by atoms with Gasteiger partial charge in [-0.25, -0.2) is 0 Å². The number of hydrogen-bond acceptors (Lipinski definition) is 9. The topological polar surface area (TPSA) is 204 Å². The normalized spacial score (nSPS) is 33.6. The Morgan fingerprint density at radius 1 is 1.11 bits per heavy atom. The Kier molecular flexibility index (Phi) is 5.26. The van der Waals surface area contributed by atoms with Gasteiger partial charge < -0.3 is 37.0 Å². The van der Waals surface area contributed by atoms with Crippen molar-refractivity contribution in [1.82, 2.24) is 0 Å². The smallest absolute Gasteiger partial charge is 0.230 e. The van der Waals surface area contributed by atoms with Gasteiger partial charge in [0.1, 0.15) is 17.4 Å². The van der Waals surface area contributed by atoms with Crippen LogP contribution < -0.4 is 11.5 Å². The first kappa shape index (κ1) is 24.0. The number of anilines is 1. The van der Waals surface area contributed by atoms with Crippen molar-refractivity contribution >= 4 is 28.9 Å². The van der Waals surface area contributed by atoms with Crippen molar-refractivity contribution in [3.63, 3.8) is 0 Å². The average molecular weight is 495 g/mol. The highest BCUT2D eigenvalue weighted by Gasteiger charge is 2.67. The van der Waals surface area contributed by atoms with Crippen molar-refractivity contribution in [1.29, 1.82) is 0 Å². The molecule has 2 saturated carbocycles. The molecular formula is C26H26N2O8. The highest BCUT2D eigenvalue weighted by molar-refractivity contribution is 6.25. The number of rotatable bonds is 2. The second-order valence-corrected chi connectivity index (χ2v) is 9.83. The van der Waals surface area contributed by atoms with E-state index in [4.69, 9.17) is 11.5 Å². The van der Waals surface area contributed by atoms with Gasteiger partial charge in [-0.2, -0.15) is 0 Å². The molecule has 10 heteroatoms. The van der Waals surface area contributed by atoms with Crippen molar-refractivity contribution in [3.8, 4) is 16.9 Å². The number of nitrogen functional groups attached to an aromatic ring is 1. The Bertz CT molecular complexity index is 1350.